The van der Waals surface area contributed by atoms with Crippen molar-refractivity contribution in [2.75, 3.05) is 13.1 Å². The van der Waals surface area contributed by atoms with Gasteiger partial charge < -0.3 is 0 Å². The SMILES string of the molecule is [CH2]CC(=O)c1ccc2c(c1)CCN(Cc1ccccc1)CC2. The predicted octanol–water partition coefficient (Wildman–Crippen LogP) is 3.69. The highest BCUT2D eigenvalue weighted by atomic mass is 16.1. The number of carbonyl (C=O) groups excluding carboxylic acids is 1. The third-order valence-corrected chi connectivity index (χ3v) is 4.40. The Labute approximate surface area is 132 Å². The van der Waals surface area contributed by atoms with Gasteiger partial charge in [0.05, 0.1) is 0 Å². The topological polar surface area (TPSA) is 20.3 Å². The summed E-state index contributed by atoms with van der Waals surface area (Å²) < 4.78 is 0. The van der Waals surface area contributed by atoms with E-state index in [-0.39, 0.29) is 5.78 Å². The molecule has 0 saturated heterocycles. The fraction of sp³-hybridized carbons (Fsp3) is 0.300. The van der Waals surface area contributed by atoms with E-state index in [2.05, 4.69) is 54.3 Å². The lowest BCUT2D eigenvalue weighted by molar-refractivity contribution is 0.0995. The number of hydrogen-bond donors (Lipinski definition) is 0. The minimum Gasteiger partial charge on any atom is -0.298 e. The van der Waals surface area contributed by atoms with Crippen LogP contribution in [0.1, 0.15) is 33.5 Å². The van der Waals surface area contributed by atoms with E-state index in [1.165, 1.54) is 16.7 Å². The molecule has 22 heavy (non-hydrogen) atoms. The van der Waals surface area contributed by atoms with Crippen LogP contribution in [-0.4, -0.2) is 23.8 Å². The zero-order chi connectivity index (χ0) is 15.4. The molecule has 2 aromatic carbocycles. The molecule has 1 aliphatic rings. The lowest BCUT2D eigenvalue weighted by Crippen LogP contribution is -2.25. The molecule has 0 aliphatic carbocycles. The van der Waals surface area contributed by atoms with Crippen LogP contribution in [0, 0.1) is 6.92 Å². The van der Waals surface area contributed by atoms with Gasteiger partial charge in [0.25, 0.3) is 0 Å². The number of carbonyl (C=O) groups is 1. The minimum atomic E-state index is 0.133. The molecule has 0 amide bonds. The maximum atomic E-state index is 11.8. The molecule has 2 nitrogen and oxygen atoms in total. The van der Waals surface area contributed by atoms with Gasteiger partial charge in [0.1, 0.15) is 0 Å². The van der Waals surface area contributed by atoms with Crippen LogP contribution < -0.4 is 0 Å². The van der Waals surface area contributed by atoms with Crippen molar-refractivity contribution >= 4 is 5.78 Å². The van der Waals surface area contributed by atoms with Crippen molar-refractivity contribution in [3.8, 4) is 0 Å². The van der Waals surface area contributed by atoms with Gasteiger partial charge in [-0.3, -0.25) is 9.69 Å². The first-order chi connectivity index (χ1) is 10.8. The second-order valence-electron chi connectivity index (χ2n) is 5.92. The summed E-state index contributed by atoms with van der Waals surface area (Å²) in [6, 6.07) is 16.8. The molecule has 2 heteroatoms. The number of Topliss-reactive ketones (excluding diaryl/α,β-unsaturated/α-hetero) is 1. The number of hydrogen-bond acceptors (Lipinski definition) is 2. The second kappa shape index (κ2) is 6.89. The first kappa shape index (κ1) is 15.0. The van der Waals surface area contributed by atoms with E-state index < -0.39 is 0 Å². The highest BCUT2D eigenvalue weighted by molar-refractivity contribution is 5.96. The second-order valence-corrected chi connectivity index (χ2v) is 5.92. The first-order valence-electron chi connectivity index (χ1n) is 7.97. The van der Waals surface area contributed by atoms with E-state index in [1.807, 2.05) is 6.07 Å². The van der Waals surface area contributed by atoms with Gasteiger partial charge >= 0.3 is 0 Å². The zero-order valence-electron chi connectivity index (χ0n) is 12.9. The van der Waals surface area contributed by atoms with Crippen LogP contribution in [0.15, 0.2) is 48.5 Å². The first-order valence-corrected chi connectivity index (χ1v) is 7.97. The molecular weight excluding hydrogens is 270 g/mol. The molecule has 1 heterocycles. The quantitative estimate of drug-likeness (QED) is 0.801. The lowest BCUT2D eigenvalue weighted by atomic mass is 9.98. The van der Waals surface area contributed by atoms with Crippen molar-refractivity contribution in [3.05, 3.63) is 77.7 Å². The molecule has 2 aromatic rings. The number of ketones is 1. The Morgan fingerprint density at radius 2 is 1.73 bits per heavy atom. The van der Waals surface area contributed by atoms with Crippen LogP contribution in [0.25, 0.3) is 0 Å². The van der Waals surface area contributed by atoms with Gasteiger partial charge in [0.15, 0.2) is 5.78 Å². The maximum Gasteiger partial charge on any atom is 0.162 e. The average molecular weight is 292 g/mol. The summed E-state index contributed by atoms with van der Waals surface area (Å²) in [5, 5.41) is 0. The van der Waals surface area contributed by atoms with Gasteiger partial charge in [-0.25, -0.2) is 0 Å². The van der Waals surface area contributed by atoms with E-state index in [4.69, 9.17) is 0 Å². The highest BCUT2D eigenvalue weighted by Gasteiger charge is 2.15. The smallest absolute Gasteiger partial charge is 0.162 e. The van der Waals surface area contributed by atoms with Crippen molar-refractivity contribution < 1.29 is 4.79 Å². The Kier molecular flexibility index (Phi) is 4.69. The van der Waals surface area contributed by atoms with Crippen LogP contribution in [0.3, 0.4) is 0 Å². The molecule has 0 unspecified atom stereocenters. The van der Waals surface area contributed by atoms with Gasteiger partial charge in [-0.05, 0) is 42.5 Å². The van der Waals surface area contributed by atoms with E-state index >= 15 is 0 Å². The number of benzene rings is 2. The van der Waals surface area contributed by atoms with Crippen LogP contribution in [0.2, 0.25) is 0 Å². The highest BCUT2D eigenvalue weighted by Crippen LogP contribution is 2.20. The van der Waals surface area contributed by atoms with Crippen LogP contribution >= 0.6 is 0 Å². The zero-order valence-corrected chi connectivity index (χ0v) is 12.9. The van der Waals surface area contributed by atoms with Crippen molar-refractivity contribution in [1.29, 1.82) is 0 Å². The fourth-order valence-corrected chi connectivity index (χ4v) is 3.09. The van der Waals surface area contributed by atoms with Crippen molar-refractivity contribution in [1.82, 2.24) is 4.90 Å². The van der Waals surface area contributed by atoms with Gasteiger partial charge in [0, 0.05) is 31.6 Å². The van der Waals surface area contributed by atoms with E-state index in [0.29, 0.717) is 6.42 Å². The third kappa shape index (κ3) is 3.45. The minimum absolute atomic E-state index is 0.133. The number of rotatable bonds is 4. The number of fused-ring (bicyclic) bond motifs is 1. The summed E-state index contributed by atoms with van der Waals surface area (Å²) in [7, 11) is 0. The van der Waals surface area contributed by atoms with Crippen LogP contribution in [-0.2, 0) is 19.4 Å². The largest absolute Gasteiger partial charge is 0.298 e. The Bertz CT molecular complexity index is 648. The normalized spacial score (nSPS) is 15.1. The van der Waals surface area contributed by atoms with Crippen LogP contribution in [0.5, 0.6) is 0 Å². The molecular formula is C20H22NO. The van der Waals surface area contributed by atoms with Crippen LogP contribution in [0.4, 0.5) is 0 Å². The average Bonchev–Trinajstić information content (AvgIpc) is 2.77. The van der Waals surface area contributed by atoms with Crippen molar-refractivity contribution in [2.45, 2.75) is 25.8 Å². The van der Waals surface area contributed by atoms with Gasteiger partial charge in [-0.15, -0.1) is 0 Å². The molecule has 1 radical (unpaired) electrons. The van der Waals surface area contributed by atoms with Crippen molar-refractivity contribution in [3.63, 3.8) is 0 Å². The Hall–Kier alpha value is -1.93. The monoisotopic (exact) mass is 292 g/mol. The molecule has 1 aliphatic heterocycles. The molecule has 0 saturated carbocycles. The molecule has 0 atom stereocenters. The molecule has 0 bridgehead atoms. The van der Waals surface area contributed by atoms with Gasteiger partial charge in [-0.2, -0.15) is 0 Å². The van der Waals surface area contributed by atoms with Gasteiger partial charge in [-0.1, -0.05) is 42.5 Å². The lowest BCUT2D eigenvalue weighted by Gasteiger charge is -2.19. The van der Waals surface area contributed by atoms with Gasteiger partial charge in [0.2, 0.25) is 0 Å². The van der Waals surface area contributed by atoms with E-state index in [1.54, 1.807) is 0 Å². The summed E-state index contributed by atoms with van der Waals surface area (Å²) >= 11 is 0. The number of nitrogens with zero attached hydrogens (tertiary/aromatic N) is 1. The summed E-state index contributed by atoms with van der Waals surface area (Å²) in [6.45, 7) is 6.81. The summed E-state index contributed by atoms with van der Waals surface area (Å²) in [4.78, 5) is 14.3. The third-order valence-electron chi connectivity index (χ3n) is 4.40. The van der Waals surface area contributed by atoms with Crippen molar-refractivity contribution in [2.24, 2.45) is 0 Å². The maximum absolute atomic E-state index is 11.8. The Morgan fingerprint density at radius 1 is 1.00 bits per heavy atom. The standard InChI is InChI=1S/C20H22NO/c1-2-20(22)19-9-8-17-10-12-21(13-11-18(17)14-19)15-16-6-4-3-5-7-16/h3-9,14H,1-2,10-13,15H2. The molecule has 3 rings (SSSR count). The fourth-order valence-electron chi connectivity index (χ4n) is 3.09. The summed E-state index contributed by atoms with van der Waals surface area (Å²) in [6.07, 6.45) is 2.40. The molecule has 0 spiro atoms. The Balaban J connectivity index is 1.71. The Morgan fingerprint density at radius 3 is 2.45 bits per heavy atom. The molecule has 0 aromatic heterocycles. The predicted molar refractivity (Wildman–Crippen MR) is 89.9 cm³/mol. The molecule has 0 N–H and O–H groups in total. The summed E-state index contributed by atoms with van der Waals surface area (Å²) in [5.74, 6) is 0.133. The molecule has 0 fully saturated rings. The summed E-state index contributed by atoms with van der Waals surface area (Å²) in [5.41, 5.74) is 4.89. The van der Waals surface area contributed by atoms with E-state index in [0.717, 1.165) is 38.0 Å². The molecule has 113 valence electrons. The van der Waals surface area contributed by atoms with E-state index in [9.17, 15) is 4.79 Å².